The van der Waals surface area contributed by atoms with Gasteiger partial charge in [-0.15, -0.1) is 0 Å². The fourth-order valence-corrected chi connectivity index (χ4v) is 4.21. The SMILES string of the molecule is CN(C(=O)COC(=O)C=Cc1ccc(Cl)cc1)C1CCS(=O)(=O)C1. The molecule has 1 fully saturated rings. The summed E-state index contributed by atoms with van der Waals surface area (Å²) in [4.78, 5) is 24.9. The van der Waals surface area contributed by atoms with Crippen LogP contribution in [0.15, 0.2) is 30.3 Å². The Morgan fingerprint density at radius 2 is 2.00 bits per heavy atom. The van der Waals surface area contributed by atoms with Crippen LogP contribution in [0.2, 0.25) is 5.02 Å². The molecule has 0 radical (unpaired) electrons. The highest BCUT2D eigenvalue weighted by molar-refractivity contribution is 7.91. The number of halogens is 1. The van der Waals surface area contributed by atoms with E-state index in [0.717, 1.165) is 5.56 Å². The van der Waals surface area contributed by atoms with Crippen molar-refractivity contribution in [1.82, 2.24) is 4.90 Å². The van der Waals surface area contributed by atoms with Crippen LogP contribution in [0.1, 0.15) is 12.0 Å². The number of carbonyl (C=O) groups excluding carboxylic acids is 2. The predicted octanol–water partition coefficient (Wildman–Crippen LogP) is 1.54. The van der Waals surface area contributed by atoms with Gasteiger partial charge in [-0.2, -0.15) is 0 Å². The topological polar surface area (TPSA) is 80.8 Å². The normalized spacial score (nSPS) is 19.3. The molecule has 6 nitrogen and oxygen atoms in total. The Morgan fingerprint density at radius 3 is 2.58 bits per heavy atom. The fraction of sp³-hybridized carbons (Fsp3) is 0.375. The van der Waals surface area contributed by atoms with E-state index >= 15 is 0 Å². The Hall–Kier alpha value is -1.86. The number of ether oxygens (including phenoxy) is 1. The van der Waals surface area contributed by atoms with Crippen LogP contribution < -0.4 is 0 Å². The number of benzene rings is 1. The van der Waals surface area contributed by atoms with Crippen LogP contribution in [0.25, 0.3) is 6.08 Å². The molecule has 1 aliphatic rings. The molecule has 1 aliphatic heterocycles. The van der Waals surface area contributed by atoms with Crippen LogP contribution in [-0.2, 0) is 24.2 Å². The van der Waals surface area contributed by atoms with Gasteiger partial charge in [-0.1, -0.05) is 23.7 Å². The molecule has 1 atom stereocenters. The molecule has 1 aromatic rings. The molecular weight excluding hydrogens is 354 g/mol. The summed E-state index contributed by atoms with van der Waals surface area (Å²) in [7, 11) is -1.55. The second kappa shape index (κ2) is 7.81. The van der Waals surface area contributed by atoms with Gasteiger partial charge in [-0.25, -0.2) is 13.2 Å². The third kappa shape index (κ3) is 5.35. The molecule has 1 amide bonds. The van der Waals surface area contributed by atoms with Crippen molar-refractivity contribution < 1.29 is 22.7 Å². The van der Waals surface area contributed by atoms with Gasteiger partial charge in [0.2, 0.25) is 0 Å². The van der Waals surface area contributed by atoms with Gasteiger partial charge in [-0.3, -0.25) is 4.79 Å². The van der Waals surface area contributed by atoms with E-state index in [1.165, 1.54) is 18.0 Å². The molecule has 0 spiro atoms. The van der Waals surface area contributed by atoms with Gasteiger partial charge in [0.15, 0.2) is 16.4 Å². The first-order valence-electron chi connectivity index (χ1n) is 7.33. The summed E-state index contributed by atoms with van der Waals surface area (Å²) in [5.74, 6) is -1.03. The van der Waals surface area contributed by atoms with Crippen LogP contribution in [0, 0.1) is 0 Å². The number of esters is 1. The highest BCUT2D eigenvalue weighted by Gasteiger charge is 2.32. The Bertz CT molecular complexity index is 742. The molecule has 130 valence electrons. The van der Waals surface area contributed by atoms with Crippen molar-refractivity contribution in [3.63, 3.8) is 0 Å². The number of amides is 1. The number of likely N-dealkylation sites (N-methyl/N-ethyl adjacent to an activating group) is 1. The number of nitrogens with zero attached hydrogens (tertiary/aromatic N) is 1. The minimum absolute atomic E-state index is 0.0420. The lowest BCUT2D eigenvalue weighted by atomic mass is 10.2. The summed E-state index contributed by atoms with van der Waals surface area (Å²) in [5, 5.41) is 0.595. The number of carbonyl (C=O) groups is 2. The lowest BCUT2D eigenvalue weighted by molar-refractivity contribution is -0.148. The number of rotatable bonds is 5. The maximum absolute atomic E-state index is 12.0. The van der Waals surface area contributed by atoms with Crippen LogP contribution in [-0.4, -0.2) is 56.4 Å². The molecule has 1 saturated heterocycles. The first-order chi connectivity index (χ1) is 11.3. The van der Waals surface area contributed by atoms with Crippen LogP contribution in [0.5, 0.6) is 0 Å². The lowest BCUT2D eigenvalue weighted by Crippen LogP contribution is -2.40. The van der Waals surface area contributed by atoms with Crippen LogP contribution in [0.4, 0.5) is 0 Å². The molecule has 1 unspecified atom stereocenters. The predicted molar refractivity (Wildman–Crippen MR) is 91.3 cm³/mol. The average Bonchev–Trinajstić information content (AvgIpc) is 2.91. The van der Waals surface area contributed by atoms with Gasteiger partial charge in [-0.05, 0) is 30.2 Å². The fourth-order valence-electron chi connectivity index (χ4n) is 2.31. The Balaban J connectivity index is 1.80. The first kappa shape index (κ1) is 18.5. The van der Waals surface area contributed by atoms with Crippen molar-refractivity contribution in [2.75, 3.05) is 25.2 Å². The van der Waals surface area contributed by atoms with E-state index in [1.807, 2.05) is 0 Å². The Labute approximate surface area is 146 Å². The quantitative estimate of drug-likeness (QED) is 0.579. The van der Waals surface area contributed by atoms with Crippen molar-refractivity contribution in [3.8, 4) is 0 Å². The monoisotopic (exact) mass is 371 g/mol. The zero-order valence-electron chi connectivity index (χ0n) is 13.1. The third-order valence-corrected chi connectivity index (χ3v) is 5.77. The zero-order chi connectivity index (χ0) is 17.7. The Kier molecular flexibility index (Phi) is 6.01. The van der Waals surface area contributed by atoms with Gasteiger partial charge in [0, 0.05) is 24.2 Å². The minimum atomic E-state index is -3.07. The van der Waals surface area contributed by atoms with Crippen LogP contribution >= 0.6 is 11.6 Å². The van der Waals surface area contributed by atoms with Crippen molar-refractivity contribution in [2.24, 2.45) is 0 Å². The molecule has 0 bridgehead atoms. The summed E-state index contributed by atoms with van der Waals surface area (Å²) >= 11 is 5.76. The molecule has 0 aliphatic carbocycles. The third-order valence-electron chi connectivity index (χ3n) is 3.77. The van der Waals surface area contributed by atoms with Gasteiger partial charge < -0.3 is 9.64 Å². The summed E-state index contributed by atoms with van der Waals surface area (Å²) in [6.07, 6.45) is 3.18. The minimum Gasteiger partial charge on any atom is -0.452 e. The largest absolute Gasteiger partial charge is 0.452 e. The second-order valence-corrected chi connectivity index (χ2v) is 8.22. The summed E-state index contributed by atoms with van der Waals surface area (Å²) in [6.45, 7) is -0.420. The van der Waals surface area contributed by atoms with Crippen molar-refractivity contribution in [3.05, 3.63) is 40.9 Å². The van der Waals surface area contributed by atoms with E-state index in [0.29, 0.717) is 11.4 Å². The van der Waals surface area contributed by atoms with E-state index < -0.39 is 28.3 Å². The summed E-state index contributed by atoms with van der Waals surface area (Å²) in [6, 6.07) is 6.52. The van der Waals surface area contributed by atoms with E-state index in [4.69, 9.17) is 16.3 Å². The lowest BCUT2D eigenvalue weighted by Gasteiger charge is -2.22. The van der Waals surface area contributed by atoms with Crippen molar-refractivity contribution in [2.45, 2.75) is 12.5 Å². The summed E-state index contributed by atoms with van der Waals surface area (Å²) in [5.41, 5.74) is 0.774. The number of sulfone groups is 1. The second-order valence-electron chi connectivity index (χ2n) is 5.55. The van der Waals surface area contributed by atoms with Crippen molar-refractivity contribution >= 4 is 39.4 Å². The van der Waals surface area contributed by atoms with Crippen molar-refractivity contribution in [1.29, 1.82) is 0 Å². The van der Waals surface area contributed by atoms with E-state index in [9.17, 15) is 18.0 Å². The van der Waals surface area contributed by atoms with Gasteiger partial charge in [0.1, 0.15) is 0 Å². The summed E-state index contributed by atoms with van der Waals surface area (Å²) < 4.78 is 27.8. The van der Waals surface area contributed by atoms with Gasteiger partial charge in [0.25, 0.3) is 5.91 Å². The number of hydrogen-bond donors (Lipinski definition) is 0. The smallest absolute Gasteiger partial charge is 0.331 e. The Morgan fingerprint density at radius 1 is 1.33 bits per heavy atom. The van der Waals surface area contributed by atoms with E-state index in [1.54, 1.807) is 30.3 Å². The molecular formula is C16H18ClNO5S. The highest BCUT2D eigenvalue weighted by atomic mass is 35.5. The highest BCUT2D eigenvalue weighted by Crippen LogP contribution is 2.16. The van der Waals surface area contributed by atoms with E-state index in [-0.39, 0.29) is 17.5 Å². The zero-order valence-corrected chi connectivity index (χ0v) is 14.7. The molecule has 1 heterocycles. The molecule has 24 heavy (non-hydrogen) atoms. The van der Waals surface area contributed by atoms with E-state index in [2.05, 4.69) is 0 Å². The maximum atomic E-state index is 12.0. The average molecular weight is 372 g/mol. The molecule has 1 aromatic carbocycles. The maximum Gasteiger partial charge on any atom is 0.331 e. The molecule has 0 N–H and O–H groups in total. The molecule has 0 saturated carbocycles. The molecule has 0 aromatic heterocycles. The van der Waals surface area contributed by atoms with Crippen LogP contribution in [0.3, 0.4) is 0 Å². The molecule has 8 heteroatoms. The first-order valence-corrected chi connectivity index (χ1v) is 9.53. The molecule has 2 rings (SSSR count). The van der Waals surface area contributed by atoms with Gasteiger partial charge in [0.05, 0.1) is 11.5 Å². The van der Waals surface area contributed by atoms with Gasteiger partial charge >= 0.3 is 5.97 Å². The number of hydrogen-bond acceptors (Lipinski definition) is 5. The standard InChI is InChI=1S/C16H18ClNO5S/c1-18(14-8-9-24(21,22)11-14)15(19)10-23-16(20)7-4-12-2-5-13(17)6-3-12/h2-7,14H,8-11H2,1H3.